The summed E-state index contributed by atoms with van der Waals surface area (Å²) in [7, 11) is 5.59. The van der Waals surface area contributed by atoms with E-state index >= 15 is 0 Å². The maximum absolute atomic E-state index is 5.55. The Kier molecular flexibility index (Phi) is 6.57. The smallest absolute Gasteiger partial charge is 0.188 e. The fraction of sp³-hybridized carbons (Fsp3) is 0.429. The van der Waals surface area contributed by atoms with Gasteiger partial charge in [-0.2, -0.15) is 0 Å². The molecule has 0 atom stereocenters. The molecule has 0 saturated carbocycles. The first-order valence-electron chi connectivity index (χ1n) is 9.70. The maximum atomic E-state index is 5.55. The molecule has 3 rings (SSSR count). The molecule has 1 aromatic carbocycles. The molecule has 7 heteroatoms. The molecule has 6 nitrogen and oxygen atoms in total. The van der Waals surface area contributed by atoms with Gasteiger partial charge in [0.25, 0.3) is 0 Å². The summed E-state index contributed by atoms with van der Waals surface area (Å²) in [6, 6.07) is 8.28. The molecule has 0 amide bonds. The summed E-state index contributed by atoms with van der Waals surface area (Å²) < 4.78 is 6.76. The minimum Gasteiger partial charge on any atom is -0.494 e. The number of aromatic nitrogens is 2. The van der Waals surface area contributed by atoms with Crippen molar-refractivity contribution < 1.29 is 4.74 Å². The molecule has 0 unspecified atom stereocenters. The number of thiazole rings is 1. The lowest BCUT2D eigenvalue weighted by molar-refractivity contribution is 0.416. The molecular weight excluding hydrogens is 370 g/mol. The minimum atomic E-state index is 0.747. The van der Waals surface area contributed by atoms with E-state index in [-0.39, 0.29) is 0 Å². The molecule has 2 heterocycles. The average Bonchev–Trinajstić information content (AvgIpc) is 3.10. The Hall–Kier alpha value is -2.54. The van der Waals surface area contributed by atoms with Crippen LogP contribution in [0.1, 0.15) is 26.7 Å². The molecule has 2 aromatic heterocycles. The van der Waals surface area contributed by atoms with Gasteiger partial charge in [-0.05, 0) is 25.0 Å². The molecule has 1 N–H and O–H groups in total. The summed E-state index contributed by atoms with van der Waals surface area (Å²) in [6.07, 6.45) is 4.05. The van der Waals surface area contributed by atoms with Gasteiger partial charge >= 0.3 is 0 Å². The van der Waals surface area contributed by atoms with E-state index in [2.05, 4.69) is 47.2 Å². The number of hydrogen-bond acceptors (Lipinski definition) is 7. The number of nitrogens with one attached hydrogen (secondary N) is 1. The average molecular weight is 400 g/mol. The Bertz CT molecular complexity index is 918. The van der Waals surface area contributed by atoms with Crippen LogP contribution in [-0.2, 0) is 0 Å². The van der Waals surface area contributed by atoms with Gasteiger partial charge in [-0.1, -0.05) is 31.3 Å². The van der Waals surface area contributed by atoms with Crippen LogP contribution in [0, 0.1) is 0 Å². The van der Waals surface area contributed by atoms with Gasteiger partial charge in [-0.25, -0.2) is 9.97 Å². The number of hydrogen-bond donors (Lipinski definition) is 1. The number of methoxy groups -OCH3 is 1. The van der Waals surface area contributed by atoms with E-state index < -0.39 is 0 Å². The van der Waals surface area contributed by atoms with Gasteiger partial charge in [0.2, 0.25) is 0 Å². The lowest BCUT2D eigenvalue weighted by Gasteiger charge is -2.24. The van der Waals surface area contributed by atoms with Gasteiger partial charge in [0.05, 0.1) is 29.2 Å². The molecule has 0 aliphatic heterocycles. The highest BCUT2D eigenvalue weighted by Gasteiger charge is 2.15. The second-order valence-electron chi connectivity index (χ2n) is 6.89. The third kappa shape index (κ3) is 4.30. The van der Waals surface area contributed by atoms with Crippen molar-refractivity contribution in [2.75, 3.05) is 49.4 Å². The van der Waals surface area contributed by atoms with Crippen molar-refractivity contribution in [1.29, 1.82) is 0 Å². The van der Waals surface area contributed by atoms with Gasteiger partial charge in [-0.3, -0.25) is 0 Å². The highest BCUT2D eigenvalue weighted by molar-refractivity contribution is 7.22. The predicted octanol–water partition coefficient (Wildman–Crippen LogP) is 5.14. The van der Waals surface area contributed by atoms with Crippen LogP contribution in [0.3, 0.4) is 0 Å². The molecule has 0 saturated heterocycles. The summed E-state index contributed by atoms with van der Waals surface area (Å²) in [6.45, 7) is 6.55. The highest BCUT2D eigenvalue weighted by atomic mass is 32.1. The van der Waals surface area contributed by atoms with Crippen molar-refractivity contribution in [3.63, 3.8) is 0 Å². The Labute approximate surface area is 171 Å². The Morgan fingerprint density at radius 1 is 1.14 bits per heavy atom. The van der Waals surface area contributed by atoms with Gasteiger partial charge in [0.1, 0.15) is 17.3 Å². The summed E-state index contributed by atoms with van der Waals surface area (Å²) in [5.74, 6) is 1.60. The zero-order valence-corrected chi connectivity index (χ0v) is 18.1. The molecule has 0 bridgehead atoms. The van der Waals surface area contributed by atoms with E-state index in [9.17, 15) is 0 Å². The van der Waals surface area contributed by atoms with Crippen LogP contribution in [0.4, 0.5) is 22.3 Å². The molecule has 0 aliphatic rings. The largest absolute Gasteiger partial charge is 0.494 e. The van der Waals surface area contributed by atoms with Crippen LogP contribution in [0.15, 0.2) is 30.5 Å². The summed E-state index contributed by atoms with van der Waals surface area (Å²) in [5.41, 5.74) is 3.09. The quantitative estimate of drug-likeness (QED) is 0.538. The summed E-state index contributed by atoms with van der Waals surface area (Å²) in [4.78, 5) is 13.7. The molecule has 0 spiro atoms. The van der Waals surface area contributed by atoms with Crippen LogP contribution in [0.5, 0.6) is 5.75 Å². The second kappa shape index (κ2) is 9.10. The normalized spacial score (nSPS) is 10.9. The first-order valence-corrected chi connectivity index (χ1v) is 10.5. The van der Waals surface area contributed by atoms with E-state index in [1.807, 2.05) is 25.1 Å². The van der Waals surface area contributed by atoms with Crippen LogP contribution in [0.2, 0.25) is 0 Å². The van der Waals surface area contributed by atoms with Crippen molar-refractivity contribution >= 4 is 43.9 Å². The molecule has 150 valence electrons. The van der Waals surface area contributed by atoms with Crippen LogP contribution < -0.4 is 19.9 Å². The lowest BCUT2D eigenvalue weighted by atomic mass is 10.2. The Morgan fingerprint density at radius 3 is 2.54 bits per heavy atom. The third-order valence-corrected chi connectivity index (χ3v) is 5.50. The first-order chi connectivity index (χ1) is 13.6. The van der Waals surface area contributed by atoms with Crippen molar-refractivity contribution in [1.82, 2.24) is 9.97 Å². The van der Waals surface area contributed by atoms with Gasteiger partial charge in [-0.15, -0.1) is 0 Å². The van der Waals surface area contributed by atoms with Crippen LogP contribution in [0.25, 0.3) is 10.2 Å². The number of anilines is 4. The molecule has 3 aromatic rings. The summed E-state index contributed by atoms with van der Waals surface area (Å²) in [5, 5.41) is 4.23. The van der Waals surface area contributed by atoms with Gasteiger partial charge in [0.15, 0.2) is 5.13 Å². The predicted molar refractivity (Wildman–Crippen MR) is 121 cm³/mol. The number of benzene rings is 1. The zero-order chi connectivity index (χ0) is 20.1. The molecular formula is C21H29N5OS. The van der Waals surface area contributed by atoms with Gasteiger partial charge < -0.3 is 19.9 Å². The highest BCUT2D eigenvalue weighted by Crippen LogP contribution is 2.37. The van der Waals surface area contributed by atoms with Crippen LogP contribution in [-0.4, -0.2) is 44.3 Å². The topological polar surface area (TPSA) is 53.5 Å². The number of rotatable bonds is 9. The number of fused-ring (bicyclic) bond motifs is 1. The van der Waals surface area contributed by atoms with E-state index in [4.69, 9.17) is 9.72 Å². The van der Waals surface area contributed by atoms with E-state index in [0.29, 0.717) is 0 Å². The lowest BCUT2D eigenvalue weighted by Crippen LogP contribution is -2.24. The van der Waals surface area contributed by atoms with Crippen molar-refractivity contribution in [3.05, 3.63) is 30.5 Å². The SMILES string of the molecule is CCCN(CCC)c1cccc2nc(Nc3cnc(N(C)C)cc3OC)sc12. The van der Waals surface area contributed by atoms with E-state index in [1.54, 1.807) is 24.6 Å². The molecule has 28 heavy (non-hydrogen) atoms. The number of pyridine rings is 1. The molecule has 0 radical (unpaired) electrons. The van der Waals surface area contributed by atoms with E-state index in [0.717, 1.165) is 53.8 Å². The van der Waals surface area contributed by atoms with Crippen molar-refractivity contribution in [3.8, 4) is 5.75 Å². The number of nitrogens with zero attached hydrogens (tertiary/aromatic N) is 4. The summed E-state index contributed by atoms with van der Waals surface area (Å²) >= 11 is 1.67. The third-order valence-electron chi connectivity index (χ3n) is 4.49. The second-order valence-corrected chi connectivity index (χ2v) is 7.89. The minimum absolute atomic E-state index is 0.747. The first kappa shape index (κ1) is 20.2. The fourth-order valence-electron chi connectivity index (χ4n) is 3.18. The van der Waals surface area contributed by atoms with Crippen molar-refractivity contribution in [2.45, 2.75) is 26.7 Å². The number of ether oxygens (including phenoxy) is 1. The van der Waals surface area contributed by atoms with E-state index in [1.165, 1.54) is 10.4 Å². The molecule has 0 aliphatic carbocycles. The zero-order valence-electron chi connectivity index (χ0n) is 17.3. The Morgan fingerprint density at radius 2 is 1.89 bits per heavy atom. The van der Waals surface area contributed by atoms with Crippen LogP contribution >= 0.6 is 11.3 Å². The van der Waals surface area contributed by atoms with Gasteiger partial charge in [0, 0.05) is 33.3 Å². The monoisotopic (exact) mass is 399 g/mol. The Balaban J connectivity index is 1.94. The van der Waals surface area contributed by atoms with Crippen molar-refractivity contribution in [2.24, 2.45) is 0 Å². The molecule has 0 fully saturated rings. The standard InChI is InChI=1S/C21H29N5OS/c1-6-11-26(12-7-2)17-10-8-9-15-20(17)28-21(23-15)24-16-14-22-19(25(3)4)13-18(16)27-5/h8-10,13-14H,6-7,11-12H2,1-5H3,(H,23,24). The fourth-order valence-corrected chi connectivity index (χ4v) is 4.20. The maximum Gasteiger partial charge on any atom is 0.188 e.